The number of phenolic OH excluding ortho intramolecular Hbond substituents is 1. The second-order valence-electron chi connectivity index (χ2n) is 6.64. The largest absolute Gasteiger partial charge is 0.504 e. The van der Waals surface area contributed by atoms with Crippen molar-refractivity contribution >= 4 is 17.8 Å². The zero-order valence-electron chi connectivity index (χ0n) is 16.0. The summed E-state index contributed by atoms with van der Waals surface area (Å²) in [6.45, 7) is 4.54. The highest BCUT2D eigenvalue weighted by Crippen LogP contribution is 2.25. The molecule has 2 aromatic rings. The van der Waals surface area contributed by atoms with Crippen LogP contribution in [-0.4, -0.2) is 62.0 Å². The number of phenols is 1. The number of benzene rings is 2. The number of para-hydroxylation sites is 1. The minimum Gasteiger partial charge on any atom is -0.504 e. The maximum atomic E-state index is 12.0. The Morgan fingerprint density at radius 1 is 1.18 bits per heavy atom. The highest BCUT2D eigenvalue weighted by atomic mass is 16.5. The lowest BCUT2D eigenvalue weighted by Crippen LogP contribution is -2.47. The first-order valence-electron chi connectivity index (χ1n) is 9.37. The van der Waals surface area contributed by atoms with Crippen molar-refractivity contribution in [2.75, 3.05) is 44.7 Å². The Hall–Kier alpha value is -3.06. The number of nitrogens with zero attached hydrogens (tertiary/aromatic N) is 3. The molecule has 0 bridgehead atoms. The van der Waals surface area contributed by atoms with E-state index in [0.29, 0.717) is 12.2 Å². The third kappa shape index (κ3) is 5.47. The maximum Gasteiger partial charge on any atom is 0.241 e. The van der Waals surface area contributed by atoms with Crippen LogP contribution in [0.15, 0.2) is 53.6 Å². The molecule has 0 saturated carbocycles. The summed E-state index contributed by atoms with van der Waals surface area (Å²) >= 11 is 0. The number of anilines is 1. The number of carbonyl (C=O) groups excluding carboxylic acids is 1. The number of piperazine rings is 1. The molecule has 7 heteroatoms. The predicted molar refractivity (Wildman–Crippen MR) is 110 cm³/mol. The van der Waals surface area contributed by atoms with Crippen molar-refractivity contribution in [2.45, 2.75) is 6.42 Å². The molecule has 7 nitrogen and oxygen atoms in total. The highest BCUT2D eigenvalue weighted by molar-refractivity contribution is 5.83. The minimum atomic E-state index is -0.118. The van der Waals surface area contributed by atoms with Gasteiger partial charge >= 0.3 is 0 Å². The van der Waals surface area contributed by atoms with Crippen LogP contribution in [0.1, 0.15) is 12.0 Å². The second kappa shape index (κ2) is 9.75. The van der Waals surface area contributed by atoms with Crippen LogP contribution in [-0.2, 0) is 4.79 Å². The number of rotatable bonds is 7. The first kappa shape index (κ1) is 19.7. The number of amides is 1. The number of ether oxygens (including phenoxy) is 1. The van der Waals surface area contributed by atoms with Crippen LogP contribution < -0.4 is 15.1 Å². The van der Waals surface area contributed by atoms with E-state index in [2.05, 4.69) is 44.6 Å². The Balaban J connectivity index is 1.38. The van der Waals surface area contributed by atoms with Gasteiger partial charge in [-0.1, -0.05) is 18.2 Å². The van der Waals surface area contributed by atoms with Gasteiger partial charge < -0.3 is 14.7 Å². The van der Waals surface area contributed by atoms with Gasteiger partial charge in [0.25, 0.3) is 0 Å². The molecule has 0 unspecified atom stereocenters. The Bertz CT molecular complexity index is 803. The fourth-order valence-corrected chi connectivity index (χ4v) is 3.14. The van der Waals surface area contributed by atoms with Crippen molar-refractivity contribution in [1.29, 1.82) is 0 Å². The Labute approximate surface area is 165 Å². The van der Waals surface area contributed by atoms with Crippen molar-refractivity contribution in [3.63, 3.8) is 0 Å². The summed E-state index contributed by atoms with van der Waals surface area (Å²) < 4.78 is 5.05. The summed E-state index contributed by atoms with van der Waals surface area (Å²) in [6.07, 6.45) is 1.93. The van der Waals surface area contributed by atoms with Crippen molar-refractivity contribution in [1.82, 2.24) is 10.3 Å². The normalized spacial score (nSPS) is 15.0. The van der Waals surface area contributed by atoms with Crippen molar-refractivity contribution < 1.29 is 14.6 Å². The van der Waals surface area contributed by atoms with E-state index < -0.39 is 0 Å². The molecule has 1 aliphatic heterocycles. The lowest BCUT2D eigenvalue weighted by molar-refractivity contribution is -0.121. The van der Waals surface area contributed by atoms with E-state index in [1.807, 2.05) is 6.07 Å². The molecule has 0 aromatic heterocycles. The quantitative estimate of drug-likeness (QED) is 0.566. The third-order valence-corrected chi connectivity index (χ3v) is 4.76. The minimum absolute atomic E-state index is 0.0658. The monoisotopic (exact) mass is 382 g/mol. The maximum absolute atomic E-state index is 12.0. The summed E-state index contributed by atoms with van der Waals surface area (Å²) in [6, 6.07) is 15.3. The Morgan fingerprint density at radius 3 is 2.64 bits per heavy atom. The molecule has 2 aromatic carbocycles. The number of carbonyl (C=O) groups is 1. The molecule has 1 aliphatic rings. The van der Waals surface area contributed by atoms with E-state index in [9.17, 15) is 9.90 Å². The lowest BCUT2D eigenvalue weighted by atomic mass is 10.2. The van der Waals surface area contributed by atoms with E-state index in [1.54, 1.807) is 12.1 Å². The van der Waals surface area contributed by atoms with Crippen LogP contribution in [0.3, 0.4) is 0 Å². The van der Waals surface area contributed by atoms with E-state index in [4.69, 9.17) is 4.74 Å². The molecule has 3 rings (SSSR count). The summed E-state index contributed by atoms with van der Waals surface area (Å²) in [4.78, 5) is 16.7. The van der Waals surface area contributed by atoms with E-state index >= 15 is 0 Å². The topological polar surface area (TPSA) is 77.4 Å². The van der Waals surface area contributed by atoms with Gasteiger partial charge in [-0.2, -0.15) is 5.10 Å². The number of methoxy groups -OCH3 is 1. The fraction of sp³-hybridized carbons (Fsp3) is 0.333. The van der Waals surface area contributed by atoms with Gasteiger partial charge in [0.15, 0.2) is 11.5 Å². The van der Waals surface area contributed by atoms with Gasteiger partial charge in [0.2, 0.25) is 5.91 Å². The third-order valence-electron chi connectivity index (χ3n) is 4.76. The van der Waals surface area contributed by atoms with Crippen molar-refractivity contribution in [2.24, 2.45) is 5.10 Å². The smallest absolute Gasteiger partial charge is 0.241 e. The molecular weight excluding hydrogens is 356 g/mol. The van der Waals surface area contributed by atoms with Crippen molar-refractivity contribution in [3.8, 4) is 11.5 Å². The van der Waals surface area contributed by atoms with Gasteiger partial charge in [-0.3, -0.25) is 9.69 Å². The summed E-state index contributed by atoms with van der Waals surface area (Å²) in [5, 5.41) is 13.6. The molecule has 148 valence electrons. The first-order valence-corrected chi connectivity index (χ1v) is 9.37. The SMILES string of the molecule is COc1cc(C=NNC(=O)CCN2CCN(c3ccccc3)CC2)ccc1O. The second-order valence-corrected chi connectivity index (χ2v) is 6.64. The van der Waals surface area contributed by atoms with Crippen LogP contribution >= 0.6 is 0 Å². The van der Waals surface area contributed by atoms with Gasteiger partial charge in [-0.25, -0.2) is 5.43 Å². The Morgan fingerprint density at radius 2 is 1.93 bits per heavy atom. The van der Waals surface area contributed by atoms with Crippen LogP contribution in [0.4, 0.5) is 5.69 Å². The van der Waals surface area contributed by atoms with Crippen molar-refractivity contribution in [3.05, 3.63) is 54.1 Å². The lowest BCUT2D eigenvalue weighted by Gasteiger charge is -2.36. The van der Waals surface area contributed by atoms with Gasteiger partial charge in [0, 0.05) is 44.8 Å². The van der Waals surface area contributed by atoms with E-state index in [-0.39, 0.29) is 11.7 Å². The molecule has 1 saturated heterocycles. The summed E-state index contributed by atoms with van der Waals surface area (Å²) in [7, 11) is 1.48. The molecule has 0 radical (unpaired) electrons. The standard InChI is InChI=1S/C21H26N4O3/c1-28-20-15-17(7-8-19(20)26)16-22-23-21(27)9-10-24-11-13-25(14-12-24)18-5-3-2-4-6-18/h2-8,15-16,26H,9-14H2,1H3,(H,23,27). The molecule has 0 spiro atoms. The predicted octanol–water partition coefficient (Wildman–Crippen LogP) is 2.06. The van der Waals surface area contributed by atoms with Gasteiger partial charge in [0.1, 0.15) is 0 Å². The average molecular weight is 382 g/mol. The zero-order chi connectivity index (χ0) is 19.8. The highest BCUT2D eigenvalue weighted by Gasteiger charge is 2.17. The molecule has 1 amide bonds. The number of hydrogen-bond acceptors (Lipinski definition) is 6. The summed E-state index contributed by atoms with van der Waals surface area (Å²) in [5.74, 6) is 0.313. The summed E-state index contributed by atoms with van der Waals surface area (Å²) in [5.41, 5.74) is 4.53. The fourth-order valence-electron chi connectivity index (χ4n) is 3.14. The molecule has 28 heavy (non-hydrogen) atoms. The van der Waals surface area contributed by atoms with E-state index in [1.165, 1.54) is 25.1 Å². The van der Waals surface area contributed by atoms with Crippen LogP contribution in [0.2, 0.25) is 0 Å². The molecule has 1 heterocycles. The van der Waals surface area contributed by atoms with Gasteiger partial charge in [-0.15, -0.1) is 0 Å². The number of aromatic hydroxyl groups is 1. The number of hydrogen-bond donors (Lipinski definition) is 2. The molecule has 1 fully saturated rings. The van der Waals surface area contributed by atoms with Crippen LogP contribution in [0.25, 0.3) is 0 Å². The van der Waals surface area contributed by atoms with Gasteiger partial charge in [0.05, 0.1) is 13.3 Å². The zero-order valence-corrected chi connectivity index (χ0v) is 16.0. The molecule has 0 atom stereocenters. The number of nitrogens with one attached hydrogen (secondary N) is 1. The molecular formula is C21H26N4O3. The average Bonchev–Trinajstić information content (AvgIpc) is 2.74. The van der Waals surface area contributed by atoms with Gasteiger partial charge in [-0.05, 0) is 35.9 Å². The number of hydrazone groups is 1. The molecule has 2 N–H and O–H groups in total. The first-order chi connectivity index (χ1) is 13.7. The van der Waals surface area contributed by atoms with Crippen LogP contribution in [0, 0.1) is 0 Å². The molecule has 0 aliphatic carbocycles. The van der Waals surface area contributed by atoms with E-state index in [0.717, 1.165) is 38.3 Å². The Kier molecular flexibility index (Phi) is 6.86. The van der Waals surface area contributed by atoms with Crippen LogP contribution in [0.5, 0.6) is 11.5 Å².